The van der Waals surface area contributed by atoms with Crippen LogP contribution in [0.4, 0.5) is 0 Å². The molecule has 3 heteroatoms. The summed E-state index contributed by atoms with van der Waals surface area (Å²) in [7, 11) is 0. The minimum absolute atomic E-state index is 0.484. The molecule has 1 N–H and O–H groups in total. The number of hydrogen-bond donors (Lipinski definition) is 1. The number of piperazine rings is 1. The van der Waals surface area contributed by atoms with E-state index in [9.17, 15) is 0 Å². The normalized spacial score (nSPS) is 35.1. The first-order chi connectivity index (χ1) is 9.65. The summed E-state index contributed by atoms with van der Waals surface area (Å²) < 4.78 is 5.88. The third kappa shape index (κ3) is 3.96. The van der Waals surface area contributed by atoms with E-state index in [0.717, 1.165) is 31.5 Å². The molecule has 0 aromatic rings. The molecule has 2 saturated heterocycles. The number of hydrogen-bond acceptors (Lipinski definition) is 3. The van der Waals surface area contributed by atoms with E-state index in [1.54, 1.807) is 0 Å². The summed E-state index contributed by atoms with van der Waals surface area (Å²) in [6, 6.07) is 1.34. The van der Waals surface area contributed by atoms with Gasteiger partial charge in [0.25, 0.3) is 0 Å². The van der Waals surface area contributed by atoms with Crippen molar-refractivity contribution in [3.8, 4) is 0 Å². The second-order valence-electron chi connectivity index (χ2n) is 6.94. The molecule has 2 aliphatic rings. The van der Waals surface area contributed by atoms with Gasteiger partial charge in [0.05, 0.1) is 6.10 Å². The summed E-state index contributed by atoms with van der Waals surface area (Å²) in [6.07, 6.45) is 5.52. The Morgan fingerprint density at radius 3 is 2.55 bits per heavy atom. The highest BCUT2D eigenvalue weighted by Gasteiger charge is 2.34. The van der Waals surface area contributed by atoms with Gasteiger partial charge in [-0.15, -0.1) is 0 Å². The van der Waals surface area contributed by atoms with E-state index in [1.165, 1.54) is 32.2 Å². The highest BCUT2D eigenvalue weighted by Crippen LogP contribution is 2.24. The van der Waals surface area contributed by atoms with Crippen LogP contribution < -0.4 is 5.32 Å². The van der Waals surface area contributed by atoms with Gasteiger partial charge in [-0.3, -0.25) is 4.90 Å². The fraction of sp³-hybridized carbons (Fsp3) is 1.00. The molecule has 2 rings (SSSR count). The topological polar surface area (TPSA) is 24.5 Å². The molecule has 5 unspecified atom stereocenters. The highest BCUT2D eigenvalue weighted by atomic mass is 16.5. The van der Waals surface area contributed by atoms with E-state index in [0.29, 0.717) is 18.2 Å². The molecule has 0 saturated carbocycles. The van der Waals surface area contributed by atoms with Crippen LogP contribution in [0.3, 0.4) is 0 Å². The van der Waals surface area contributed by atoms with Crippen molar-refractivity contribution in [3.05, 3.63) is 0 Å². The quantitative estimate of drug-likeness (QED) is 0.811. The van der Waals surface area contributed by atoms with Crippen LogP contribution in [0.2, 0.25) is 0 Å². The van der Waals surface area contributed by atoms with Crippen molar-refractivity contribution >= 4 is 0 Å². The first kappa shape index (κ1) is 16.3. The Hall–Kier alpha value is -0.120. The number of ether oxygens (including phenoxy) is 1. The molecule has 2 heterocycles. The first-order valence-electron chi connectivity index (χ1n) is 8.74. The minimum Gasteiger partial charge on any atom is -0.377 e. The van der Waals surface area contributed by atoms with Crippen LogP contribution in [0.5, 0.6) is 0 Å². The molecule has 20 heavy (non-hydrogen) atoms. The Balaban J connectivity index is 1.97. The molecule has 0 spiro atoms. The van der Waals surface area contributed by atoms with Crippen molar-refractivity contribution < 1.29 is 4.74 Å². The summed E-state index contributed by atoms with van der Waals surface area (Å²) in [5.41, 5.74) is 0. The van der Waals surface area contributed by atoms with Gasteiger partial charge in [-0.2, -0.15) is 0 Å². The second kappa shape index (κ2) is 7.77. The number of rotatable bonds is 6. The average molecular weight is 282 g/mol. The molecule has 3 nitrogen and oxygen atoms in total. The third-order valence-corrected chi connectivity index (χ3v) is 5.58. The van der Waals surface area contributed by atoms with Crippen molar-refractivity contribution in [1.29, 1.82) is 0 Å². The van der Waals surface area contributed by atoms with E-state index in [4.69, 9.17) is 4.74 Å². The average Bonchev–Trinajstić information content (AvgIpc) is 2.98. The summed E-state index contributed by atoms with van der Waals surface area (Å²) >= 11 is 0. The van der Waals surface area contributed by atoms with Gasteiger partial charge in [-0.1, -0.05) is 40.5 Å². The zero-order chi connectivity index (χ0) is 14.5. The van der Waals surface area contributed by atoms with Gasteiger partial charge in [-0.05, 0) is 24.7 Å². The van der Waals surface area contributed by atoms with Crippen molar-refractivity contribution in [1.82, 2.24) is 10.2 Å². The molecule has 2 aliphatic heterocycles. The lowest BCUT2D eigenvalue weighted by Gasteiger charge is -2.45. The molecule has 2 fully saturated rings. The minimum atomic E-state index is 0.484. The van der Waals surface area contributed by atoms with Crippen LogP contribution in [-0.4, -0.2) is 49.3 Å². The molecule has 0 bridgehead atoms. The van der Waals surface area contributed by atoms with Gasteiger partial charge in [-0.25, -0.2) is 0 Å². The standard InChI is InChI=1S/C17H34N2O/c1-5-13(3)16-12-19(11-15-8-7-9-20-15)17(10-18-16)14(4)6-2/h13-18H,5-12H2,1-4H3. The van der Waals surface area contributed by atoms with E-state index in [2.05, 4.69) is 37.9 Å². The van der Waals surface area contributed by atoms with Gasteiger partial charge in [0.2, 0.25) is 0 Å². The van der Waals surface area contributed by atoms with Gasteiger partial charge >= 0.3 is 0 Å². The first-order valence-corrected chi connectivity index (χ1v) is 8.74. The maximum absolute atomic E-state index is 5.88. The Morgan fingerprint density at radius 2 is 1.95 bits per heavy atom. The van der Waals surface area contributed by atoms with Crippen LogP contribution in [0.1, 0.15) is 53.4 Å². The molecule has 0 radical (unpaired) electrons. The van der Waals surface area contributed by atoms with Crippen LogP contribution >= 0.6 is 0 Å². The maximum atomic E-state index is 5.88. The lowest BCUT2D eigenvalue weighted by Crippen LogP contribution is -2.61. The SMILES string of the molecule is CCC(C)C1CN(CC2CCCO2)C(C(C)CC)CN1. The molecule has 118 valence electrons. The van der Waals surface area contributed by atoms with E-state index in [1.807, 2.05) is 0 Å². The summed E-state index contributed by atoms with van der Waals surface area (Å²) in [4.78, 5) is 2.73. The van der Waals surface area contributed by atoms with Gasteiger partial charge in [0.1, 0.15) is 0 Å². The molecule has 0 aliphatic carbocycles. The third-order valence-electron chi connectivity index (χ3n) is 5.58. The second-order valence-corrected chi connectivity index (χ2v) is 6.94. The largest absolute Gasteiger partial charge is 0.377 e. The van der Waals surface area contributed by atoms with Crippen LogP contribution in [0.25, 0.3) is 0 Å². The smallest absolute Gasteiger partial charge is 0.0702 e. The molecule has 0 amide bonds. The van der Waals surface area contributed by atoms with Crippen LogP contribution in [0.15, 0.2) is 0 Å². The summed E-state index contributed by atoms with van der Waals surface area (Å²) in [6.45, 7) is 13.9. The molecular formula is C17H34N2O. The monoisotopic (exact) mass is 282 g/mol. The van der Waals surface area contributed by atoms with Gasteiger partial charge < -0.3 is 10.1 Å². The number of nitrogens with zero attached hydrogens (tertiary/aromatic N) is 1. The van der Waals surface area contributed by atoms with Gasteiger partial charge in [0, 0.05) is 38.3 Å². The highest BCUT2D eigenvalue weighted by molar-refractivity contribution is 4.91. The Bertz CT molecular complexity index is 278. The lowest BCUT2D eigenvalue weighted by molar-refractivity contribution is 0.0176. The van der Waals surface area contributed by atoms with E-state index in [-0.39, 0.29) is 0 Å². The zero-order valence-electron chi connectivity index (χ0n) is 13.9. The van der Waals surface area contributed by atoms with Crippen LogP contribution in [-0.2, 0) is 4.74 Å². The van der Waals surface area contributed by atoms with Crippen molar-refractivity contribution in [3.63, 3.8) is 0 Å². The Kier molecular flexibility index (Phi) is 6.31. The predicted molar refractivity (Wildman–Crippen MR) is 85.0 cm³/mol. The van der Waals surface area contributed by atoms with E-state index < -0.39 is 0 Å². The van der Waals surface area contributed by atoms with E-state index >= 15 is 0 Å². The Morgan fingerprint density at radius 1 is 1.20 bits per heavy atom. The molecular weight excluding hydrogens is 248 g/mol. The molecule has 5 atom stereocenters. The molecule has 0 aromatic heterocycles. The fourth-order valence-corrected chi connectivity index (χ4v) is 3.61. The molecule has 0 aromatic carbocycles. The van der Waals surface area contributed by atoms with Crippen molar-refractivity contribution in [2.75, 3.05) is 26.2 Å². The number of nitrogens with one attached hydrogen (secondary N) is 1. The zero-order valence-corrected chi connectivity index (χ0v) is 13.9. The summed E-state index contributed by atoms with van der Waals surface area (Å²) in [5.74, 6) is 1.53. The Labute approximate surface area is 125 Å². The van der Waals surface area contributed by atoms with Crippen molar-refractivity contribution in [2.45, 2.75) is 71.6 Å². The van der Waals surface area contributed by atoms with Crippen molar-refractivity contribution in [2.24, 2.45) is 11.8 Å². The predicted octanol–water partition coefficient (Wildman–Crippen LogP) is 2.90. The van der Waals surface area contributed by atoms with Crippen LogP contribution in [0, 0.1) is 11.8 Å². The van der Waals surface area contributed by atoms with Gasteiger partial charge in [0.15, 0.2) is 0 Å². The lowest BCUT2D eigenvalue weighted by atomic mass is 9.90. The maximum Gasteiger partial charge on any atom is 0.0702 e. The fourth-order valence-electron chi connectivity index (χ4n) is 3.61. The summed E-state index contributed by atoms with van der Waals surface area (Å²) in [5, 5.41) is 3.81.